The summed E-state index contributed by atoms with van der Waals surface area (Å²) in [6.07, 6.45) is 4.66. The van der Waals surface area contributed by atoms with Gasteiger partial charge in [-0.05, 0) is 15.9 Å². The molecule has 1 aromatic rings. The zero-order valence-electron chi connectivity index (χ0n) is 7.61. The maximum Gasteiger partial charge on any atom is 0.225 e. The first kappa shape index (κ1) is 9.58. The summed E-state index contributed by atoms with van der Waals surface area (Å²) in [5, 5.41) is 0. The second-order valence-electron chi connectivity index (χ2n) is 3.23. The van der Waals surface area contributed by atoms with Gasteiger partial charge in [0.05, 0.1) is 4.47 Å². The van der Waals surface area contributed by atoms with E-state index in [1.807, 2.05) is 4.90 Å². The van der Waals surface area contributed by atoms with Crippen molar-refractivity contribution < 1.29 is 4.79 Å². The predicted molar refractivity (Wildman–Crippen MR) is 56.2 cm³/mol. The molecule has 0 amide bonds. The van der Waals surface area contributed by atoms with Crippen LogP contribution in [0.25, 0.3) is 0 Å². The fourth-order valence-corrected chi connectivity index (χ4v) is 1.63. The summed E-state index contributed by atoms with van der Waals surface area (Å²) >= 11 is 3.28. The zero-order valence-corrected chi connectivity index (χ0v) is 9.20. The fraction of sp³-hybridized carbons (Fsp3) is 0.444. The Morgan fingerprint density at radius 2 is 1.79 bits per heavy atom. The molecule has 1 aliphatic rings. The van der Waals surface area contributed by atoms with Crippen molar-refractivity contribution in [2.75, 3.05) is 18.0 Å². The Morgan fingerprint density at radius 3 is 2.36 bits per heavy atom. The summed E-state index contributed by atoms with van der Waals surface area (Å²) in [6, 6.07) is 0. The minimum absolute atomic E-state index is 0.332. The third kappa shape index (κ3) is 2.09. The molecule has 1 aromatic heterocycles. The molecule has 0 unspecified atom stereocenters. The quantitative estimate of drug-likeness (QED) is 0.762. The van der Waals surface area contributed by atoms with E-state index in [4.69, 9.17) is 0 Å². The molecule has 0 spiro atoms. The average molecular weight is 256 g/mol. The number of halogens is 1. The van der Waals surface area contributed by atoms with Gasteiger partial charge in [-0.1, -0.05) is 0 Å². The van der Waals surface area contributed by atoms with Crippen molar-refractivity contribution in [3.63, 3.8) is 0 Å². The van der Waals surface area contributed by atoms with Gasteiger partial charge in [0.15, 0.2) is 0 Å². The third-order valence-corrected chi connectivity index (χ3v) is 2.62. The molecule has 1 aliphatic heterocycles. The van der Waals surface area contributed by atoms with E-state index in [0.717, 1.165) is 17.6 Å². The highest BCUT2D eigenvalue weighted by Gasteiger charge is 2.17. The Balaban J connectivity index is 2.08. The van der Waals surface area contributed by atoms with E-state index in [1.165, 1.54) is 0 Å². The standard InChI is InChI=1S/C9H10BrN3O/c10-7-5-11-9(12-6-7)13-3-1-8(14)2-4-13/h5-6H,1-4H2. The predicted octanol–water partition coefficient (Wildman–Crippen LogP) is 1.41. The molecular weight excluding hydrogens is 246 g/mol. The Bertz CT molecular complexity index is 328. The fourth-order valence-electron chi connectivity index (χ4n) is 1.42. The number of nitrogens with zero attached hydrogens (tertiary/aromatic N) is 3. The molecule has 0 bridgehead atoms. The largest absolute Gasteiger partial charge is 0.340 e. The lowest BCUT2D eigenvalue weighted by atomic mass is 10.1. The molecule has 1 fully saturated rings. The number of piperidine rings is 1. The smallest absolute Gasteiger partial charge is 0.225 e. The Morgan fingerprint density at radius 1 is 1.21 bits per heavy atom. The molecule has 74 valence electrons. The van der Waals surface area contributed by atoms with E-state index < -0.39 is 0 Å². The number of rotatable bonds is 1. The summed E-state index contributed by atoms with van der Waals surface area (Å²) < 4.78 is 0.870. The summed E-state index contributed by atoms with van der Waals surface area (Å²) in [6.45, 7) is 1.47. The van der Waals surface area contributed by atoms with Gasteiger partial charge in [0, 0.05) is 38.3 Å². The topological polar surface area (TPSA) is 46.1 Å². The monoisotopic (exact) mass is 255 g/mol. The van der Waals surface area contributed by atoms with Gasteiger partial charge in [-0.2, -0.15) is 0 Å². The molecule has 0 radical (unpaired) electrons. The third-order valence-electron chi connectivity index (χ3n) is 2.21. The van der Waals surface area contributed by atoms with Crippen LogP contribution in [0, 0.1) is 0 Å². The molecule has 0 atom stereocenters. The molecule has 0 saturated carbocycles. The molecule has 4 nitrogen and oxygen atoms in total. The van der Waals surface area contributed by atoms with E-state index in [2.05, 4.69) is 25.9 Å². The maximum atomic E-state index is 11.0. The van der Waals surface area contributed by atoms with Gasteiger partial charge < -0.3 is 4.90 Å². The molecule has 0 aliphatic carbocycles. The highest BCUT2D eigenvalue weighted by Crippen LogP contribution is 2.14. The van der Waals surface area contributed by atoms with Crippen LogP contribution in [0.5, 0.6) is 0 Å². The van der Waals surface area contributed by atoms with Gasteiger partial charge in [0.25, 0.3) is 0 Å². The Labute approximate surface area is 90.5 Å². The molecule has 2 rings (SSSR count). The van der Waals surface area contributed by atoms with E-state index >= 15 is 0 Å². The van der Waals surface area contributed by atoms with Crippen molar-refractivity contribution in [3.8, 4) is 0 Å². The molecule has 14 heavy (non-hydrogen) atoms. The molecular formula is C9H10BrN3O. The summed E-state index contributed by atoms with van der Waals surface area (Å²) in [5.41, 5.74) is 0. The van der Waals surface area contributed by atoms with Crippen LogP contribution in [0.4, 0.5) is 5.95 Å². The van der Waals surface area contributed by atoms with Gasteiger partial charge in [-0.15, -0.1) is 0 Å². The minimum atomic E-state index is 0.332. The number of aromatic nitrogens is 2. The number of anilines is 1. The van der Waals surface area contributed by atoms with Crippen LogP contribution in [-0.4, -0.2) is 28.8 Å². The van der Waals surface area contributed by atoms with Crippen LogP contribution in [0.15, 0.2) is 16.9 Å². The summed E-state index contributed by atoms with van der Waals surface area (Å²) in [5.74, 6) is 1.04. The minimum Gasteiger partial charge on any atom is -0.340 e. The van der Waals surface area contributed by atoms with E-state index in [9.17, 15) is 4.79 Å². The van der Waals surface area contributed by atoms with Gasteiger partial charge in [-0.3, -0.25) is 4.79 Å². The number of hydrogen-bond acceptors (Lipinski definition) is 4. The first-order valence-corrected chi connectivity index (χ1v) is 5.29. The van der Waals surface area contributed by atoms with Crippen LogP contribution in [0.2, 0.25) is 0 Å². The average Bonchev–Trinajstić information content (AvgIpc) is 2.21. The number of Topliss-reactive ketones (excluding diaryl/α,β-unsaturated/α-hetero) is 1. The number of carbonyl (C=O) groups is 1. The van der Waals surface area contributed by atoms with Crippen molar-refractivity contribution >= 4 is 27.7 Å². The van der Waals surface area contributed by atoms with Gasteiger partial charge in [-0.25, -0.2) is 9.97 Å². The zero-order chi connectivity index (χ0) is 9.97. The lowest BCUT2D eigenvalue weighted by Crippen LogP contribution is -2.34. The van der Waals surface area contributed by atoms with Crippen LogP contribution in [0.3, 0.4) is 0 Å². The molecule has 2 heterocycles. The van der Waals surface area contributed by atoms with Crippen molar-refractivity contribution in [2.45, 2.75) is 12.8 Å². The van der Waals surface area contributed by atoms with Crippen LogP contribution < -0.4 is 4.90 Å². The number of carbonyl (C=O) groups excluding carboxylic acids is 1. The second kappa shape index (κ2) is 4.04. The van der Waals surface area contributed by atoms with Gasteiger partial charge in [0.1, 0.15) is 5.78 Å². The maximum absolute atomic E-state index is 11.0. The Hall–Kier alpha value is -0.970. The summed E-state index contributed by atoms with van der Waals surface area (Å²) in [7, 11) is 0. The lowest BCUT2D eigenvalue weighted by Gasteiger charge is -2.25. The number of hydrogen-bond donors (Lipinski definition) is 0. The Kier molecular flexibility index (Phi) is 2.77. The van der Waals surface area contributed by atoms with Crippen LogP contribution in [0.1, 0.15) is 12.8 Å². The second-order valence-corrected chi connectivity index (χ2v) is 4.14. The van der Waals surface area contributed by atoms with Crippen molar-refractivity contribution in [3.05, 3.63) is 16.9 Å². The van der Waals surface area contributed by atoms with Crippen molar-refractivity contribution in [2.24, 2.45) is 0 Å². The van der Waals surface area contributed by atoms with E-state index in [0.29, 0.717) is 24.6 Å². The van der Waals surface area contributed by atoms with Crippen molar-refractivity contribution in [1.82, 2.24) is 9.97 Å². The molecule has 1 saturated heterocycles. The van der Waals surface area contributed by atoms with E-state index in [-0.39, 0.29) is 0 Å². The van der Waals surface area contributed by atoms with Crippen LogP contribution in [-0.2, 0) is 4.79 Å². The first-order chi connectivity index (χ1) is 6.75. The normalized spacial score (nSPS) is 17.2. The van der Waals surface area contributed by atoms with Crippen molar-refractivity contribution in [1.29, 1.82) is 0 Å². The van der Waals surface area contributed by atoms with Gasteiger partial charge >= 0.3 is 0 Å². The number of ketones is 1. The van der Waals surface area contributed by atoms with Gasteiger partial charge in [0.2, 0.25) is 5.95 Å². The molecule has 0 N–H and O–H groups in total. The SMILES string of the molecule is O=C1CCN(c2ncc(Br)cn2)CC1. The first-order valence-electron chi connectivity index (χ1n) is 4.50. The highest BCUT2D eigenvalue weighted by molar-refractivity contribution is 9.10. The lowest BCUT2D eigenvalue weighted by molar-refractivity contribution is -0.119. The highest BCUT2D eigenvalue weighted by atomic mass is 79.9. The van der Waals surface area contributed by atoms with Crippen LogP contribution >= 0.6 is 15.9 Å². The molecule has 5 heteroatoms. The summed E-state index contributed by atoms with van der Waals surface area (Å²) in [4.78, 5) is 21.4. The van der Waals surface area contributed by atoms with E-state index in [1.54, 1.807) is 12.4 Å². The molecule has 0 aromatic carbocycles.